The molecule has 7 nitrogen and oxygen atoms in total. The molecule has 0 unspecified atom stereocenters. The number of pyridine rings is 1. The Morgan fingerprint density at radius 3 is 2.56 bits per heavy atom. The molecule has 2 heterocycles. The summed E-state index contributed by atoms with van der Waals surface area (Å²) in [5.74, 6) is 1.24. The number of rotatable bonds is 7. The normalized spacial score (nSPS) is 17.3. The molecule has 0 aliphatic heterocycles. The molecule has 0 saturated carbocycles. The predicted molar refractivity (Wildman–Crippen MR) is 125 cm³/mol. The fraction of sp³-hybridized carbons (Fsp3) is 0.400. The van der Waals surface area contributed by atoms with Crippen molar-refractivity contribution in [1.29, 1.82) is 0 Å². The highest BCUT2D eigenvalue weighted by Gasteiger charge is 2.34. The van der Waals surface area contributed by atoms with Crippen molar-refractivity contribution in [3.63, 3.8) is 0 Å². The lowest BCUT2D eigenvalue weighted by molar-refractivity contribution is 0.0572. The van der Waals surface area contributed by atoms with Gasteiger partial charge in [0.2, 0.25) is 5.88 Å². The second kappa shape index (κ2) is 9.12. The molecule has 0 saturated heterocycles. The number of methoxy groups -OCH3 is 1. The van der Waals surface area contributed by atoms with E-state index in [1.807, 2.05) is 39.8 Å². The van der Waals surface area contributed by atoms with Crippen molar-refractivity contribution in [1.82, 2.24) is 14.5 Å². The summed E-state index contributed by atoms with van der Waals surface area (Å²) in [6.45, 7) is 8.93. The highest BCUT2D eigenvalue weighted by molar-refractivity contribution is 5.63. The van der Waals surface area contributed by atoms with Crippen LogP contribution >= 0.6 is 0 Å². The summed E-state index contributed by atoms with van der Waals surface area (Å²) in [7, 11) is 1.57. The van der Waals surface area contributed by atoms with Crippen molar-refractivity contribution >= 4 is 5.82 Å². The number of aryl methyl sites for hydroxylation is 2. The van der Waals surface area contributed by atoms with Gasteiger partial charge in [-0.3, -0.25) is 9.36 Å². The molecular weight excluding hydrogens is 404 g/mol. The van der Waals surface area contributed by atoms with Crippen LogP contribution in [0.15, 0.2) is 41.2 Å². The maximum Gasteiger partial charge on any atom is 0.278 e. The van der Waals surface area contributed by atoms with E-state index in [0.717, 1.165) is 17.9 Å². The van der Waals surface area contributed by atoms with Crippen LogP contribution < -0.4 is 15.6 Å². The van der Waals surface area contributed by atoms with E-state index < -0.39 is 0 Å². The number of anilines is 1. The zero-order valence-electron chi connectivity index (χ0n) is 19.3. The third-order valence-corrected chi connectivity index (χ3v) is 6.04. The molecule has 0 radical (unpaired) electrons. The minimum atomic E-state index is -0.144. The minimum Gasteiger partial charge on any atom is -0.481 e. The van der Waals surface area contributed by atoms with Crippen LogP contribution in [0.25, 0.3) is 11.3 Å². The van der Waals surface area contributed by atoms with Gasteiger partial charge in [0.25, 0.3) is 5.56 Å². The van der Waals surface area contributed by atoms with Crippen molar-refractivity contribution in [3.8, 4) is 17.1 Å². The molecule has 1 N–H and O–H groups in total. The van der Waals surface area contributed by atoms with Gasteiger partial charge >= 0.3 is 0 Å². The average Bonchev–Trinajstić information content (AvgIpc) is 3.13. The Balaban J connectivity index is 1.78. The lowest BCUT2D eigenvalue weighted by Gasteiger charge is -2.26. The Bertz CT molecular complexity index is 1190. The molecule has 168 valence electrons. The van der Waals surface area contributed by atoms with Crippen LogP contribution in [0.4, 0.5) is 5.82 Å². The highest BCUT2D eigenvalue weighted by atomic mass is 16.5. The van der Waals surface area contributed by atoms with Gasteiger partial charge in [-0.05, 0) is 44.9 Å². The monoisotopic (exact) mass is 434 g/mol. The molecule has 3 aromatic rings. The zero-order valence-corrected chi connectivity index (χ0v) is 19.3. The zero-order chi connectivity index (χ0) is 22.8. The first-order valence-corrected chi connectivity index (χ1v) is 11.1. The number of nitrogens with zero attached hydrogens (tertiary/aromatic N) is 3. The van der Waals surface area contributed by atoms with Crippen molar-refractivity contribution in [2.45, 2.75) is 52.8 Å². The van der Waals surface area contributed by atoms with Gasteiger partial charge in [0.1, 0.15) is 11.5 Å². The molecule has 0 amide bonds. The van der Waals surface area contributed by atoms with Crippen molar-refractivity contribution < 1.29 is 9.47 Å². The van der Waals surface area contributed by atoms with Crippen LogP contribution in [-0.4, -0.2) is 34.4 Å². The third-order valence-electron chi connectivity index (χ3n) is 6.04. The standard InChI is InChI=1S/C25H30N4O3/c1-6-29-24(28-22-19-11-9-8-10-17(19)14-20(22)32-7-2)16(4)27-23(25(29)30)18-12-13-21(31-5)26-15(18)3/h8-13,20,22,28H,6-7,14H2,1-5H3/t20-,22+/m0/s1. The number of hydrogen-bond acceptors (Lipinski definition) is 6. The van der Waals surface area contributed by atoms with Crippen molar-refractivity contribution in [2.24, 2.45) is 0 Å². The van der Waals surface area contributed by atoms with E-state index in [4.69, 9.17) is 14.5 Å². The van der Waals surface area contributed by atoms with Gasteiger partial charge in [0.05, 0.1) is 30.6 Å². The van der Waals surface area contributed by atoms with E-state index in [0.29, 0.717) is 36.0 Å². The summed E-state index contributed by atoms with van der Waals surface area (Å²) in [4.78, 5) is 22.6. The molecule has 32 heavy (non-hydrogen) atoms. The van der Waals surface area contributed by atoms with Crippen LogP contribution in [0.2, 0.25) is 0 Å². The molecule has 1 aromatic carbocycles. The van der Waals surface area contributed by atoms with E-state index in [1.54, 1.807) is 17.7 Å². The summed E-state index contributed by atoms with van der Waals surface area (Å²) in [5.41, 5.74) is 4.92. The molecule has 7 heteroatoms. The highest BCUT2D eigenvalue weighted by Crippen LogP contribution is 2.36. The summed E-state index contributed by atoms with van der Waals surface area (Å²) >= 11 is 0. The largest absolute Gasteiger partial charge is 0.481 e. The van der Waals surface area contributed by atoms with Crippen LogP contribution in [0, 0.1) is 13.8 Å². The molecule has 1 aliphatic carbocycles. The molecule has 2 atom stereocenters. The Morgan fingerprint density at radius 1 is 1.09 bits per heavy atom. The van der Waals surface area contributed by atoms with Gasteiger partial charge in [0, 0.05) is 31.2 Å². The maximum absolute atomic E-state index is 13.5. The van der Waals surface area contributed by atoms with Gasteiger partial charge in [-0.2, -0.15) is 0 Å². The second-order valence-electron chi connectivity index (χ2n) is 7.95. The third kappa shape index (κ3) is 3.88. The molecule has 0 spiro atoms. The SMILES string of the molecule is CCO[C@H]1Cc2ccccc2[C@H]1Nc1c(C)nc(-c2ccc(OC)nc2C)c(=O)n1CC. The Morgan fingerprint density at radius 2 is 1.88 bits per heavy atom. The van der Waals surface area contributed by atoms with Crippen molar-refractivity contribution in [2.75, 3.05) is 19.0 Å². The average molecular weight is 435 g/mol. The first-order chi connectivity index (χ1) is 15.5. The topological polar surface area (TPSA) is 78.3 Å². The number of nitrogens with one attached hydrogen (secondary N) is 1. The number of fused-ring (bicyclic) bond motifs is 1. The lowest BCUT2D eigenvalue weighted by atomic mass is 10.1. The quantitative estimate of drug-likeness (QED) is 0.604. The molecule has 4 rings (SSSR count). The van der Waals surface area contributed by atoms with E-state index in [9.17, 15) is 4.79 Å². The fourth-order valence-corrected chi connectivity index (χ4v) is 4.50. The molecular formula is C25H30N4O3. The predicted octanol–water partition coefficient (Wildman–Crippen LogP) is 4.07. The van der Waals surface area contributed by atoms with E-state index in [-0.39, 0.29) is 17.7 Å². The number of benzene rings is 1. The Hall–Kier alpha value is -3.19. The lowest BCUT2D eigenvalue weighted by Crippen LogP contribution is -2.31. The summed E-state index contributed by atoms with van der Waals surface area (Å²) in [5, 5.41) is 3.61. The van der Waals surface area contributed by atoms with E-state index in [1.165, 1.54) is 11.1 Å². The van der Waals surface area contributed by atoms with E-state index >= 15 is 0 Å². The molecule has 0 fully saturated rings. The first-order valence-electron chi connectivity index (χ1n) is 11.1. The minimum absolute atomic E-state index is 0.00455. The van der Waals surface area contributed by atoms with Gasteiger partial charge in [-0.15, -0.1) is 0 Å². The van der Waals surface area contributed by atoms with Crippen LogP contribution in [0.5, 0.6) is 5.88 Å². The Labute approximate surface area is 188 Å². The molecule has 2 aromatic heterocycles. The van der Waals surface area contributed by atoms with Crippen LogP contribution in [0.3, 0.4) is 0 Å². The second-order valence-corrected chi connectivity index (χ2v) is 7.95. The van der Waals surface area contributed by atoms with Gasteiger partial charge in [-0.25, -0.2) is 9.97 Å². The Kier molecular flexibility index (Phi) is 6.28. The van der Waals surface area contributed by atoms with Gasteiger partial charge < -0.3 is 14.8 Å². The number of ether oxygens (including phenoxy) is 2. The van der Waals surface area contributed by atoms with Gasteiger partial charge in [0.15, 0.2) is 0 Å². The number of aromatic nitrogens is 3. The summed E-state index contributed by atoms with van der Waals surface area (Å²) in [6.07, 6.45) is 0.851. The summed E-state index contributed by atoms with van der Waals surface area (Å²) in [6, 6.07) is 11.9. The van der Waals surface area contributed by atoms with Crippen LogP contribution in [-0.2, 0) is 17.7 Å². The molecule has 0 bridgehead atoms. The van der Waals surface area contributed by atoms with Crippen molar-refractivity contribution in [3.05, 3.63) is 69.3 Å². The fourth-order valence-electron chi connectivity index (χ4n) is 4.50. The summed E-state index contributed by atoms with van der Waals surface area (Å²) < 4.78 is 13.0. The smallest absolute Gasteiger partial charge is 0.278 e. The van der Waals surface area contributed by atoms with E-state index in [2.05, 4.69) is 28.5 Å². The maximum atomic E-state index is 13.5. The molecule has 1 aliphatic rings. The van der Waals surface area contributed by atoms with Gasteiger partial charge in [-0.1, -0.05) is 24.3 Å². The van der Waals surface area contributed by atoms with Crippen LogP contribution in [0.1, 0.15) is 42.4 Å². The number of hydrogen-bond donors (Lipinski definition) is 1. The first kappa shape index (κ1) is 22.0.